The van der Waals surface area contributed by atoms with Crippen LogP contribution in [0, 0.1) is 6.92 Å². The fraction of sp³-hybridized carbons (Fsp3) is 0.190. The van der Waals surface area contributed by atoms with Crippen LogP contribution in [0.2, 0.25) is 0 Å². The van der Waals surface area contributed by atoms with Gasteiger partial charge in [0.05, 0.1) is 0 Å². The van der Waals surface area contributed by atoms with Crippen LogP contribution in [0.1, 0.15) is 25.6 Å². The SMILES string of the molecule is Cc1cc(-c2ccc(Br)cc2)cc(-c2ccc(Br)cc2)[n+]1C(C)C.F[B-](F)(F)F. The van der Waals surface area contributed by atoms with Crippen LogP contribution in [-0.2, 0) is 0 Å². The summed E-state index contributed by atoms with van der Waals surface area (Å²) in [6.45, 7) is 6.65. The molecule has 0 unspecified atom stereocenters. The van der Waals surface area contributed by atoms with Crippen LogP contribution in [0.25, 0.3) is 22.4 Å². The Balaban J connectivity index is 0.000000537. The first kappa shape index (κ1) is 23.6. The van der Waals surface area contributed by atoms with Crippen LogP contribution >= 0.6 is 31.9 Å². The zero-order chi connectivity index (χ0) is 21.8. The van der Waals surface area contributed by atoms with Gasteiger partial charge in [-0.15, -0.1) is 0 Å². The molecule has 0 saturated heterocycles. The van der Waals surface area contributed by atoms with Gasteiger partial charge in [-0.1, -0.05) is 44.0 Å². The summed E-state index contributed by atoms with van der Waals surface area (Å²) in [5.74, 6) is 0. The average molecular weight is 533 g/mol. The molecule has 0 aliphatic heterocycles. The van der Waals surface area contributed by atoms with E-state index in [0.29, 0.717) is 6.04 Å². The number of hydrogen-bond donors (Lipinski definition) is 0. The molecule has 0 aliphatic carbocycles. The summed E-state index contributed by atoms with van der Waals surface area (Å²) < 4.78 is 43.6. The molecule has 3 rings (SSSR count). The minimum atomic E-state index is -6.00. The molecule has 29 heavy (non-hydrogen) atoms. The van der Waals surface area contributed by atoms with Gasteiger partial charge >= 0.3 is 7.25 Å². The van der Waals surface area contributed by atoms with E-state index in [0.717, 1.165) is 8.95 Å². The first-order chi connectivity index (χ1) is 13.5. The molecule has 0 atom stereocenters. The number of nitrogens with zero attached hydrogens (tertiary/aromatic N) is 1. The fourth-order valence-electron chi connectivity index (χ4n) is 3.08. The lowest BCUT2D eigenvalue weighted by atomic mass is 10.0. The van der Waals surface area contributed by atoms with Gasteiger partial charge < -0.3 is 17.3 Å². The molecule has 2 aromatic carbocycles. The normalized spacial score (nSPS) is 11.2. The summed E-state index contributed by atoms with van der Waals surface area (Å²) in [4.78, 5) is 0. The van der Waals surface area contributed by atoms with Crippen molar-refractivity contribution in [1.82, 2.24) is 0 Å². The molecule has 0 bridgehead atoms. The second kappa shape index (κ2) is 9.89. The standard InChI is InChI=1S/C21H20Br2N.BF4/c1-14(2)24-15(3)12-18(16-4-8-19(22)9-5-16)13-21(24)17-6-10-20(23)11-7-17;2-1(3,4)5/h4-14H,1-3H3;/q+1;-1. The third-order valence-electron chi connectivity index (χ3n) is 4.13. The predicted molar refractivity (Wildman–Crippen MR) is 118 cm³/mol. The summed E-state index contributed by atoms with van der Waals surface area (Å²) >= 11 is 7.04. The third-order valence-corrected chi connectivity index (χ3v) is 5.19. The highest BCUT2D eigenvalue weighted by Crippen LogP contribution is 2.28. The summed E-state index contributed by atoms with van der Waals surface area (Å²) in [5, 5.41) is 0. The van der Waals surface area contributed by atoms with E-state index in [-0.39, 0.29) is 0 Å². The lowest BCUT2D eigenvalue weighted by molar-refractivity contribution is -0.711. The lowest BCUT2D eigenvalue weighted by Crippen LogP contribution is -2.41. The van der Waals surface area contributed by atoms with E-state index in [2.05, 4.69) is 118 Å². The molecule has 1 heterocycles. The minimum absolute atomic E-state index is 0.405. The van der Waals surface area contributed by atoms with Gasteiger partial charge in [0.1, 0.15) is 0 Å². The summed E-state index contributed by atoms with van der Waals surface area (Å²) in [6.07, 6.45) is 0. The molecular weight excluding hydrogens is 513 g/mol. The molecule has 0 fully saturated rings. The second-order valence-electron chi connectivity index (χ2n) is 6.74. The van der Waals surface area contributed by atoms with Crippen LogP contribution in [0.5, 0.6) is 0 Å². The van der Waals surface area contributed by atoms with Crippen molar-refractivity contribution in [2.24, 2.45) is 0 Å². The molecule has 0 aliphatic rings. The molecule has 154 valence electrons. The number of aryl methyl sites for hydroxylation is 1. The van der Waals surface area contributed by atoms with E-state index in [1.807, 2.05) is 0 Å². The maximum Gasteiger partial charge on any atom is 0.673 e. The number of pyridine rings is 1. The Morgan fingerprint density at radius 1 is 0.724 bits per heavy atom. The van der Waals surface area contributed by atoms with Crippen molar-refractivity contribution in [2.45, 2.75) is 26.8 Å². The van der Waals surface area contributed by atoms with Crippen molar-refractivity contribution in [3.63, 3.8) is 0 Å². The first-order valence-electron chi connectivity index (χ1n) is 8.91. The van der Waals surface area contributed by atoms with E-state index in [1.165, 1.54) is 28.1 Å². The zero-order valence-electron chi connectivity index (χ0n) is 16.1. The highest BCUT2D eigenvalue weighted by Gasteiger charge is 2.21. The maximum absolute atomic E-state index is 9.75. The molecule has 8 heteroatoms. The van der Waals surface area contributed by atoms with Crippen molar-refractivity contribution >= 4 is 39.1 Å². The Hall–Kier alpha value is -1.67. The molecule has 1 nitrogen and oxygen atoms in total. The highest BCUT2D eigenvalue weighted by atomic mass is 79.9. The van der Waals surface area contributed by atoms with Gasteiger partial charge in [0.15, 0.2) is 11.7 Å². The topological polar surface area (TPSA) is 3.88 Å². The summed E-state index contributed by atoms with van der Waals surface area (Å²) in [6, 6.07) is 22.0. The van der Waals surface area contributed by atoms with Gasteiger partial charge in [-0.2, -0.15) is 4.57 Å². The number of halogens is 6. The second-order valence-corrected chi connectivity index (χ2v) is 8.57. The zero-order valence-corrected chi connectivity index (χ0v) is 19.3. The number of rotatable bonds is 3. The van der Waals surface area contributed by atoms with Crippen molar-refractivity contribution in [3.05, 3.63) is 75.3 Å². The smallest absolute Gasteiger partial charge is 0.418 e. The van der Waals surface area contributed by atoms with Crippen LogP contribution in [0.4, 0.5) is 17.3 Å². The quantitative estimate of drug-likeness (QED) is 0.183. The van der Waals surface area contributed by atoms with Gasteiger partial charge in [-0.3, -0.25) is 0 Å². The monoisotopic (exact) mass is 531 g/mol. The number of aromatic nitrogens is 1. The molecule has 0 saturated carbocycles. The van der Waals surface area contributed by atoms with Crippen molar-refractivity contribution in [1.29, 1.82) is 0 Å². The Morgan fingerprint density at radius 3 is 1.55 bits per heavy atom. The fourth-order valence-corrected chi connectivity index (χ4v) is 3.61. The molecule has 3 aromatic rings. The molecule has 0 radical (unpaired) electrons. The Kier molecular flexibility index (Phi) is 8.06. The molecule has 1 aromatic heterocycles. The van der Waals surface area contributed by atoms with E-state index < -0.39 is 7.25 Å². The Bertz CT molecular complexity index is 950. The highest BCUT2D eigenvalue weighted by molar-refractivity contribution is 9.10. The Labute approximate surface area is 185 Å². The predicted octanol–water partition coefficient (Wildman–Crippen LogP) is 8.02. The van der Waals surface area contributed by atoms with Crippen LogP contribution < -0.4 is 4.57 Å². The molecular formula is C21H20BBr2F4N. The summed E-state index contributed by atoms with van der Waals surface area (Å²) in [7, 11) is -6.00. The Morgan fingerprint density at radius 2 is 1.14 bits per heavy atom. The van der Waals surface area contributed by atoms with Gasteiger partial charge in [0.2, 0.25) is 5.69 Å². The molecule has 0 amide bonds. The van der Waals surface area contributed by atoms with E-state index in [4.69, 9.17) is 0 Å². The van der Waals surface area contributed by atoms with Gasteiger partial charge in [-0.25, -0.2) is 0 Å². The number of hydrogen-bond acceptors (Lipinski definition) is 0. The van der Waals surface area contributed by atoms with Gasteiger partial charge in [0, 0.05) is 33.6 Å². The molecule has 0 N–H and O–H groups in total. The van der Waals surface area contributed by atoms with Crippen molar-refractivity contribution in [3.8, 4) is 22.4 Å². The minimum Gasteiger partial charge on any atom is -0.418 e. The largest absolute Gasteiger partial charge is 0.673 e. The van der Waals surface area contributed by atoms with Crippen molar-refractivity contribution in [2.75, 3.05) is 0 Å². The van der Waals surface area contributed by atoms with E-state index in [1.54, 1.807) is 0 Å². The third kappa shape index (κ3) is 7.26. The van der Waals surface area contributed by atoms with Crippen LogP contribution in [0.15, 0.2) is 69.6 Å². The van der Waals surface area contributed by atoms with Crippen LogP contribution in [-0.4, -0.2) is 7.25 Å². The van der Waals surface area contributed by atoms with Crippen LogP contribution in [0.3, 0.4) is 0 Å². The molecule has 0 spiro atoms. The maximum atomic E-state index is 9.75. The van der Waals surface area contributed by atoms with Crippen molar-refractivity contribution < 1.29 is 21.8 Å². The number of benzene rings is 2. The summed E-state index contributed by atoms with van der Waals surface area (Å²) in [5.41, 5.74) is 6.22. The lowest BCUT2D eigenvalue weighted by Gasteiger charge is -2.13. The van der Waals surface area contributed by atoms with Gasteiger partial charge in [0.25, 0.3) is 0 Å². The average Bonchev–Trinajstić information content (AvgIpc) is 2.60. The van der Waals surface area contributed by atoms with Gasteiger partial charge in [-0.05, 0) is 61.4 Å². The van der Waals surface area contributed by atoms with E-state index >= 15 is 0 Å². The first-order valence-corrected chi connectivity index (χ1v) is 10.5. The van der Waals surface area contributed by atoms with E-state index in [9.17, 15) is 17.3 Å².